The Labute approximate surface area is 107 Å². The molecule has 0 saturated heterocycles. The summed E-state index contributed by atoms with van der Waals surface area (Å²) >= 11 is 4.77. The highest BCUT2D eigenvalue weighted by molar-refractivity contribution is 8.03. The fourth-order valence-corrected chi connectivity index (χ4v) is 3.68. The van der Waals surface area contributed by atoms with Crippen molar-refractivity contribution in [2.75, 3.05) is 12.0 Å². The van der Waals surface area contributed by atoms with E-state index in [9.17, 15) is 0 Å². The lowest BCUT2D eigenvalue weighted by Gasteiger charge is -2.04. The van der Waals surface area contributed by atoms with Crippen LogP contribution in [0, 0.1) is 6.92 Å². The molecule has 0 aliphatic carbocycles. The number of nitrogens with two attached hydrogens (primary N) is 1. The summed E-state index contributed by atoms with van der Waals surface area (Å²) in [5.74, 6) is 0. The summed E-state index contributed by atoms with van der Waals surface area (Å²) in [6.07, 6.45) is 2.00. The highest BCUT2D eigenvalue weighted by Gasteiger charge is 2.08. The van der Waals surface area contributed by atoms with Gasteiger partial charge in [0.15, 0.2) is 8.68 Å². The molecular weight excluding hydrogens is 258 g/mol. The van der Waals surface area contributed by atoms with E-state index >= 15 is 0 Å². The van der Waals surface area contributed by atoms with E-state index in [0.717, 1.165) is 24.8 Å². The third-order valence-corrected chi connectivity index (χ3v) is 5.07. The van der Waals surface area contributed by atoms with Crippen molar-refractivity contribution in [2.45, 2.75) is 20.5 Å². The molecule has 0 saturated carbocycles. The first-order chi connectivity index (χ1) is 7.70. The van der Waals surface area contributed by atoms with Crippen LogP contribution < -0.4 is 5.73 Å². The minimum Gasteiger partial charge on any atom is -0.398 e. The predicted molar refractivity (Wildman–Crippen MR) is 71.4 cm³/mol. The van der Waals surface area contributed by atoms with Gasteiger partial charge in [-0.1, -0.05) is 47.0 Å². The number of nitrogen functional groups attached to an aromatic ring is 1. The highest BCUT2D eigenvalue weighted by Crippen LogP contribution is 2.36. The Bertz CT molecular complexity index is 496. The molecule has 0 aliphatic rings. The van der Waals surface area contributed by atoms with Crippen LogP contribution in [0.25, 0.3) is 0 Å². The van der Waals surface area contributed by atoms with Gasteiger partial charge >= 0.3 is 0 Å². The van der Waals surface area contributed by atoms with Gasteiger partial charge in [-0.05, 0) is 24.8 Å². The number of benzene rings is 1. The Balaban J connectivity index is 2.23. The van der Waals surface area contributed by atoms with Crippen molar-refractivity contribution in [3.05, 3.63) is 23.8 Å². The number of thioether (sulfide) groups is 1. The number of aryl methyl sites for hydroxylation is 1. The molecule has 6 heteroatoms. The largest absolute Gasteiger partial charge is 0.398 e. The van der Waals surface area contributed by atoms with Crippen molar-refractivity contribution >= 4 is 40.5 Å². The lowest BCUT2D eigenvalue weighted by atomic mass is 10.2. The van der Waals surface area contributed by atoms with Crippen molar-refractivity contribution < 1.29 is 0 Å². The van der Waals surface area contributed by atoms with Crippen LogP contribution in [0.1, 0.15) is 5.56 Å². The summed E-state index contributed by atoms with van der Waals surface area (Å²) < 4.78 is 1.91. The van der Waals surface area contributed by atoms with Crippen molar-refractivity contribution in [1.29, 1.82) is 0 Å². The summed E-state index contributed by atoms with van der Waals surface area (Å²) in [6, 6.07) is 6.02. The van der Waals surface area contributed by atoms with Crippen LogP contribution >= 0.6 is 34.9 Å². The molecule has 0 bridgehead atoms. The van der Waals surface area contributed by atoms with E-state index in [-0.39, 0.29) is 0 Å². The number of para-hydroxylation sites is 1. The van der Waals surface area contributed by atoms with Gasteiger partial charge < -0.3 is 5.73 Å². The van der Waals surface area contributed by atoms with E-state index in [1.54, 1.807) is 34.9 Å². The molecule has 2 aromatic rings. The summed E-state index contributed by atoms with van der Waals surface area (Å²) in [5, 5.41) is 8.16. The summed E-state index contributed by atoms with van der Waals surface area (Å²) in [6.45, 7) is 2.01. The maximum atomic E-state index is 6.00. The number of hydrogen-bond acceptors (Lipinski definition) is 6. The van der Waals surface area contributed by atoms with Gasteiger partial charge in [-0.3, -0.25) is 0 Å². The van der Waals surface area contributed by atoms with Crippen LogP contribution in [0.3, 0.4) is 0 Å². The third kappa shape index (κ3) is 2.50. The second-order valence-electron chi connectivity index (χ2n) is 3.13. The number of anilines is 1. The minimum absolute atomic E-state index is 0.827. The van der Waals surface area contributed by atoms with Crippen LogP contribution in [0.15, 0.2) is 31.8 Å². The maximum Gasteiger partial charge on any atom is 0.179 e. The molecule has 0 fully saturated rings. The fourth-order valence-electron chi connectivity index (χ4n) is 1.16. The molecule has 1 aromatic heterocycles. The van der Waals surface area contributed by atoms with Crippen LogP contribution in [0.5, 0.6) is 0 Å². The van der Waals surface area contributed by atoms with Gasteiger partial charge in [-0.15, -0.1) is 10.2 Å². The Morgan fingerprint density at radius 2 is 2.00 bits per heavy atom. The van der Waals surface area contributed by atoms with Gasteiger partial charge in [0.05, 0.1) is 0 Å². The molecular formula is C10H11N3S3. The molecule has 0 atom stereocenters. The Morgan fingerprint density at radius 1 is 1.25 bits per heavy atom. The average Bonchev–Trinajstić information content (AvgIpc) is 2.73. The average molecular weight is 269 g/mol. The van der Waals surface area contributed by atoms with Gasteiger partial charge in [-0.25, -0.2) is 0 Å². The van der Waals surface area contributed by atoms with E-state index in [4.69, 9.17) is 5.73 Å². The predicted octanol–water partition coefficient (Wildman–Crippen LogP) is 3.30. The lowest BCUT2D eigenvalue weighted by Crippen LogP contribution is -1.91. The van der Waals surface area contributed by atoms with E-state index in [1.807, 2.05) is 31.4 Å². The molecule has 0 unspecified atom stereocenters. The van der Waals surface area contributed by atoms with E-state index in [2.05, 4.69) is 10.2 Å². The zero-order valence-electron chi connectivity index (χ0n) is 8.93. The first-order valence-electron chi connectivity index (χ1n) is 4.61. The molecule has 0 radical (unpaired) electrons. The van der Waals surface area contributed by atoms with E-state index < -0.39 is 0 Å². The second-order valence-corrected chi connectivity index (χ2v) is 6.45. The number of hydrogen-bond donors (Lipinski definition) is 1. The van der Waals surface area contributed by atoms with Crippen LogP contribution in [0.4, 0.5) is 5.69 Å². The van der Waals surface area contributed by atoms with Gasteiger partial charge in [0, 0.05) is 10.6 Å². The first-order valence-corrected chi connectivity index (χ1v) is 7.47. The minimum atomic E-state index is 0.827. The second kappa shape index (κ2) is 5.07. The highest BCUT2D eigenvalue weighted by atomic mass is 32.2. The molecule has 2 rings (SSSR count). The van der Waals surface area contributed by atoms with Crippen molar-refractivity contribution in [2.24, 2.45) is 0 Å². The molecule has 16 heavy (non-hydrogen) atoms. The van der Waals surface area contributed by atoms with Gasteiger partial charge in [0.25, 0.3) is 0 Å². The van der Waals surface area contributed by atoms with Crippen molar-refractivity contribution in [3.8, 4) is 0 Å². The smallest absolute Gasteiger partial charge is 0.179 e. The Kier molecular flexibility index (Phi) is 3.73. The Hall–Kier alpha value is -0.720. The van der Waals surface area contributed by atoms with Crippen LogP contribution in [0.2, 0.25) is 0 Å². The zero-order valence-corrected chi connectivity index (χ0v) is 11.4. The number of rotatable bonds is 3. The Morgan fingerprint density at radius 3 is 2.69 bits per heavy atom. The lowest BCUT2D eigenvalue weighted by molar-refractivity contribution is 0.956. The quantitative estimate of drug-likeness (QED) is 0.684. The molecule has 1 heterocycles. The monoisotopic (exact) mass is 269 g/mol. The molecule has 0 spiro atoms. The molecule has 3 nitrogen and oxygen atoms in total. The zero-order chi connectivity index (χ0) is 11.5. The van der Waals surface area contributed by atoms with Crippen LogP contribution in [-0.2, 0) is 0 Å². The van der Waals surface area contributed by atoms with Gasteiger partial charge in [0.2, 0.25) is 0 Å². The molecule has 1 aromatic carbocycles. The van der Waals surface area contributed by atoms with E-state index in [0.29, 0.717) is 0 Å². The van der Waals surface area contributed by atoms with Crippen molar-refractivity contribution in [3.63, 3.8) is 0 Å². The summed E-state index contributed by atoms with van der Waals surface area (Å²) in [4.78, 5) is 1.05. The number of aromatic nitrogens is 2. The summed E-state index contributed by atoms with van der Waals surface area (Å²) in [5.41, 5.74) is 7.92. The first kappa shape index (κ1) is 11.8. The standard InChI is InChI=1S/C10H11N3S3/c1-6-4-3-5-7(8(6)11)15-10-13-12-9(14-2)16-10/h3-5H,11H2,1-2H3. The molecule has 84 valence electrons. The van der Waals surface area contributed by atoms with Gasteiger partial charge in [-0.2, -0.15) is 0 Å². The van der Waals surface area contributed by atoms with Gasteiger partial charge in [0.1, 0.15) is 0 Å². The fraction of sp³-hybridized carbons (Fsp3) is 0.200. The number of nitrogens with zero attached hydrogens (tertiary/aromatic N) is 2. The van der Waals surface area contributed by atoms with Crippen molar-refractivity contribution in [1.82, 2.24) is 10.2 Å². The third-order valence-electron chi connectivity index (χ3n) is 2.04. The molecule has 0 aliphatic heterocycles. The molecule has 2 N–H and O–H groups in total. The van der Waals surface area contributed by atoms with E-state index in [1.165, 1.54) is 0 Å². The van der Waals surface area contributed by atoms with Crippen LogP contribution in [-0.4, -0.2) is 16.5 Å². The molecule has 0 amide bonds. The summed E-state index contributed by atoms with van der Waals surface area (Å²) in [7, 11) is 0. The SMILES string of the molecule is CSc1nnc(Sc2cccc(C)c2N)s1. The normalized spacial score (nSPS) is 10.6. The topological polar surface area (TPSA) is 51.8 Å². The maximum absolute atomic E-state index is 6.00.